The standard InChI is InChI=1S/C22H22N4O3/c1-26(2)19-10-8-17(9-11-19)25-21(27)20-14-18(12-13-23-20)24-16-6-4-15(5-7-16)22(28)29-3/h4-14H,1-3H3,(H,23,24)(H,25,27). The van der Waals surface area contributed by atoms with E-state index in [1.54, 1.807) is 42.6 Å². The number of benzene rings is 2. The van der Waals surface area contributed by atoms with Crippen LogP contribution in [0.1, 0.15) is 20.8 Å². The molecule has 1 heterocycles. The molecule has 0 atom stereocenters. The van der Waals surface area contributed by atoms with Crippen LogP contribution in [0.5, 0.6) is 0 Å². The maximum atomic E-state index is 12.5. The molecule has 0 aliphatic rings. The largest absolute Gasteiger partial charge is 0.465 e. The van der Waals surface area contributed by atoms with Gasteiger partial charge in [-0.25, -0.2) is 4.79 Å². The van der Waals surface area contributed by atoms with Gasteiger partial charge >= 0.3 is 5.97 Å². The molecule has 0 aliphatic heterocycles. The molecule has 0 saturated heterocycles. The number of ether oxygens (including phenoxy) is 1. The summed E-state index contributed by atoms with van der Waals surface area (Å²) in [6.07, 6.45) is 1.56. The summed E-state index contributed by atoms with van der Waals surface area (Å²) in [5.41, 5.74) is 3.98. The SMILES string of the molecule is COC(=O)c1ccc(Nc2ccnc(C(=O)Nc3ccc(N(C)C)cc3)c2)cc1. The van der Waals surface area contributed by atoms with Crippen LogP contribution in [-0.4, -0.2) is 38.1 Å². The fourth-order valence-corrected chi connectivity index (χ4v) is 2.64. The van der Waals surface area contributed by atoms with Gasteiger partial charge in [0.2, 0.25) is 0 Å². The molecule has 0 radical (unpaired) electrons. The first kappa shape index (κ1) is 19.9. The molecular formula is C22H22N4O3. The van der Waals surface area contributed by atoms with Crippen molar-refractivity contribution in [2.45, 2.75) is 0 Å². The summed E-state index contributed by atoms with van der Waals surface area (Å²) in [7, 11) is 5.26. The van der Waals surface area contributed by atoms with Gasteiger partial charge in [0.15, 0.2) is 0 Å². The molecule has 3 aromatic rings. The van der Waals surface area contributed by atoms with Crippen LogP contribution in [-0.2, 0) is 4.74 Å². The molecular weight excluding hydrogens is 368 g/mol. The zero-order chi connectivity index (χ0) is 20.8. The minimum atomic E-state index is -0.391. The van der Waals surface area contributed by atoms with E-state index in [2.05, 4.69) is 20.4 Å². The average molecular weight is 390 g/mol. The van der Waals surface area contributed by atoms with Crippen molar-refractivity contribution < 1.29 is 14.3 Å². The Balaban J connectivity index is 1.68. The van der Waals surface area contributed by atoms with Crippen molar-refractivity contribution in [3.63, 3.8) is 0 Å². The van der Waals surface area contributed by atoms with Crippen molar-refractivity contribution in [3.8, 4) is 0 Å². The molecule has 7 nitrogen and oxygen atoms in total. The molecule has 0 fully saturated rings. The Morgan fingerprint density at radius 3 is 2.17 bits per heavy atom. The third kappa shape index (κ3) is 5.10. The Hall–Kier alpha value is -3.87. The number of amides is 1. The van der Waals surface area contributed by atoms with Gasteiger partial charge in [-0.1, -0.05) is 0 Å². The highest BCUT2D eigenvalue weighted by molar-refractivity contribution is 6.03. The number of anilines is 4. The Labute approximate surface area is 169 Å². The van der Waals surface area contributed by atoms with Gasteiger partial charge in [-0.05, 0) is 60.7 Å². The molecule has 3 rings (SSSR count). The summed E-state index contributed by atoms with van der Waals surface area (Å²) in [6.45, 7) is 0. The summed E-state index contributed by atoms with van der Waals surface area (Å²) in [5.74, 6) is -0.690. The maximum absolute atomic E-state index is 12.5. The van der Waals surface area contributed by atoms with Gasteiger partial charge in [0.05, 0.1) is 12.7 Å². The number of methoxy groups -OCH3 is 1. The van der Waals surface area contributed by atoms with Gasteiger partial charge in [-0.2, -0.15) is 0 Å². The first-order chi connectivity index (χ1) is 14.0. The highest BCUT2D eigenvalue weighted by Gasteiger charge is 2.10. The Bertz CT molecular complexity index is 999. The number of hydrogen-bond acceptors (Lipinski definition) is 6. The summed E-state index contributed by atoms with van der Waals surface area (Å²) in [5, 5.41) is 6.03. The summed E-state index contributed by atoms with van der Waals surface area (Å²) >= 11 is 0. The van der Waals surface area contributed by atoms with Crippen LogP contribution in [0.25, 0.3) is 0 Å². The Morgan fingerprint density at radius 1 is 0.897 bits per heavy atom. The van der Waals surface area contributed by atoms with Crippen LogP contribution < -0.4 is 15.5 Å². The molecule has 0 bridgehead atoms. The van der Waals surface area contributed by atoms with Gasteiger partial charge in [0.1, 0.15) is 5.69 Å². The van der Waals surface area contributed by atoms with Gasteiger partial charge < -0.3 is 20.3 Å². The van der Waals surface area contributed by atoms with E-state index in [0.717, 1.165) is 11.4 Å². The fraction of sp³-hybridized carbons (Fsp3) is 0.136. The van der Waals surface area contributed by atoms with Crippen LogP contribution in [0.2, 0.25) is 0 Å². The number of hydrogen-bond donors (Lipinski definition) is 2. The molecule has 7 heteroatoms. The Kier molecular flexibility index (Phi) is 6.09. The van der Waals surface area contributed by atoms with E-state index < -0.39 is 5.97 Å². The molecule has 29 heavy (non-hydrogen) atoms. The minimum Gasteiger partial charge on any atom is -0.465 e. The number of aromatic nitrogens is 1. The van der Waals surface area contributed by atoms with E-state index in [9.17, 15) is 9.59 Å². The fourth-order valence-electron chi connectivity index (χ4n) is 2.64. The van der Waals surface area contributed by atoms with E-state index in [1.807, 2.05) is 43.3 Å². The number of rotatable bonds is 6. The lowest BCUT2D eigenvalue weighted by Crippen LogP contribution is -2.14. The van der Waals surface area contributed by atoms with Gasteiger partial charge in [-0.3, -0.25) is 9.78 Å². The topological polar surface area (TPSA) is 83.6 Å². The zero-order valence-electron chi connectivity index (χ0n) is 16.5. The Morgan fingerprint density at radius 2 is 1.55 bits per heavy atom. The molecule has 0 unspecified atom stereocenters. The number of esters is 1. The third-order valence-electron chi connectivity index (χ3n) is 4.23. The smallest absolute Gasteiger partial charge is 0.337 e. The summed E-state index contributed by atoms with van der Waals surface area (Å²) in [6, 6.07) is 17.8. The first-order valence-corrected chi connectivity index (χ1v) is 8.96. The zero-order valence-corrected chi connectivity index (χ0v) is 16.5. The quantitative estimate of drug-likeness (QED) is 0.621. The van der Waals surface area contributed by atoms with Crippen LogP contribution in [0, 0.1) is 0 Å². The van der Waals surface area contributed by atoms with Crippen LogP contribution in [0.3, 0.4) is 0 Å². The lowest BCUT2D eigenvalue weighted by molar-refractivity contribution is 0.0600. The maximum Gasteiger partial charge on any atom is 0.337 e. The molecule has 0 saturated carbocycles. The number of carbonyl (C=O) groups is 2. The van der Waals surface area contributed by atoms with E-state index in [0.29, 0.717) is 16.9 Å². The first-order valence-electron chi connectivity index (χ1n) is 8.96. The van der Waals surface area contributed by atoms with E-state index in [-0.39, 0.29) is 11.6 Å². The van der Waals surface area contributed by atoms with Crippen molar-refractivity contribution in [3.05, 3.63) is 78.1 Å². The highest BCUT2D eigenvalue weighted by atomic mass is 16.5. The molecule has 2 N–H and O–H groups in total. The number of nitrogens with zero attached hydrogens (tertiary/aromatic N) is 2. The second-order valence-electron chi connectivity index (χ2n) is 6.52. The minimum absolute atomic E-state index is 0.290. The van der Waals surface area contributed by atoms with Crippen LogP contribution >= 0.6 is 0 Å². The average Bonchev–Trinajstić information content (AvgIpc) is 2.74. The van der Waals surface area contributed by atoms with Crippen molar-refractivity contribution in [1.82, 2.24) is 4.98 Å². The van der Waals surface area contributed by atoms with Gasteiger partial charge in [-0.15, -0.1) is 0 Å². The molecule has 1 aromatic heterocycles. The van der Waals surface area contributed by atoms with Gasteiger partial charge in [0.25, 0.3) is 5.91 Å². The normalized spacial score (nSPS) is 10.2. The molecule has 1 amide bonds. The monoisotopic (exact) mass is 390 g/mol. The van der Waals surface area contributed by atoms with Crippen molar-refractivity contribution >= 4 is 34.6 Å². The van der Waals surface area contributed by atoms with Crippen LogP contribution in [0.4, 0.5) is 22.7 Å². The van der Waals surface area contributed by atoms with E-state index in [4.69, 9.17) is 0 Å². The molecule has 148 valence electrons. The predicted molar refractivity (Wildman–Crippen MR) is 114 cm³/mol. The number of carbonyl (C=O) groups excluding carboxylic acids is 2. The molecule has 2 aromatic carbocycles. The highest BCUT2D eigenvalue weighted by Crippen LogP contribution is 2.19. The number of pyridine rings is 1. The summed E-state index contributed by atoms with van der Waals surface area (Å²) < 4.78 is 4.69. The number of nitrogens with one attached hydrogen (secondary N) is 2. The lowest BCUT2D eigenvalue weighted by atomic mass is 10.2. The predicted octanol–water partition coefficient (Wildman–Crippen LogP) is 3.93. The van der Waals surface area contributed by atoms with Gasteiger partial charge in [0, 0.05) is 43.0 Å². The second-order valence-corrected chi connectivity index (χ2v) is 6.52. The van der Waals surface area contributed by atoms with E-state index >= 15 is 0 Å². The third-order valence-corrected chi connectivity index (χ3v) is 4.23. The molecule has 0 spiro atoms. The van der Waals surface area contributed by atoms with Crippen LogP contribution in [0.15, 0.2) is 66.9 Å². The van der Waals surface area contributed by atoms with E-state index in [1.165, 1.54) is 7.11 Å². The lowest BCUT2D eigenvalue weighted by Gasteiger charge is -2.13. The molecule has 0 aliphatic carbocycles. The van der Waals surface area contributed by atoms with Crippen molar-refractivity contribution in [2.75, 3.05) is 36.7 Å². The van der Waals surface area contributed by atoms with Crippen molar-refractivity contribution in [1.29, 1.82) is 0 Å². The van der Waals surface area contributed by atoms with Crippen molar-refractivity contribution in [2.24, 2.45) is 0 Å². The summed E-state index contributed by atoms with van der Waals surface area (Å²) in [4.78, 5) is 30.2. The second kappa shape index (κ2) is 8.88.